The fourth-order valence-electron chi connectivity index (χ4n) is 0. The van der Waals surface area contributed by atoms with Gasteiger partial charge in [0.15, 0.2) is 0 Å². The largest absolute Gasteiger partial charge is 1.00 e. The predicted octanol–water partition coefficient (Wildman–Crippen LogP) is -7.33. The van der Waals surface area contributed by atoms with Crippen molar-refractivity contribution in [3.05, 3.63) is 0 Å². The van der Waals surface area contributed by atoms with E-state index in [0.29, 0.717) is 0 Å². The van der Waals surface area contributed by atoms with Crippen molar-refractivity contribution in [2.45, 2.75) is 0 Å². The summed E-state index contributed by atoms with van der Waals surface area (Å²) in [6.07, 6.45) is 0. The maximum absolute atomic E-state index is 8.52. The van der Waals surface area contributed by atoms with E-state index in [1.807, 2.05) is 0 Å². The SMILES string of the molecule is O=S(=O)([O-])[O-].[Na+].[Na+].[V]. The molecule has 0 saturated carbocycles. The molecular weight excluding hydrogens is 193 g/mol. The summed E-state index contributed by atoms with van der Waals surface area (Å²) in [6.45, 7) is 0. The van der Waals surface area contributed by atoms with Crippen LogP contribution in [0.15, 0.2) is 0 Å². The first kappa shape index (κ1) is 22.4. The molecule has 0 aromatic rings. The van der Waals surface area contributed by atoms with Crippen LogP contribution in [0.2, 0.25) is 0 Å². The van der Waals surface area contributed by atoms with Crippen molar-refractivity contribution in [1.82, 2.24) is 0 Å². The number of hydrogen-bond donors (Lipinski definition) is 0. The Bertz CT molecular complexity index is 97.2. The Kier molecular flexibility index (Phi) is 26.5. The maximum atomic E-state index is 8.52. The normalized spacial score (nSPS) is 7.25. The number of rotatable bonds is 0. The molecule has 0 rings (SSSR count). The molecule has 0 aromatic heterocycles. The second-order valence-corrected chi connectivity index (χ2v) is 1.22. The van der Waals surface area contributed by atoms with Gasteiger partial charge in [-0.25, -0.2) is 0 Å². The molecule has 0 fully saturated rings. The zero-order valence-electron chi connectivity index (χ0n) is 4.49. The molecule has 8 heavy (non-hydrogen) atoms. The Labute approximate surface area is 104 Å². The standard InChI is InChI=1S/2Na.H2O4S.V/c;;1-5(2,3)4;/h;;(H2,1,2,3,4);/q2*+1;;/p-2. The van der Waals surface area contributed by atoms with Gasteiger partial charge >= 0.3 is 59.1 Å². The van der Waals surface area contributed by atoms with E-state index in [1.54, 1.807) is 0 Å². The minimum atomic E-state index is -5.17. The first-order valence-corrected chi connectivity index (χ1v) is 2.00. The van der Waals surface area contributed by atoms with E-state index in [9.17, 15) is 0 Å². The predicted molar refractivity (Wildman–Crippen MR) is 10.5 cm³/mol. The zero-order valence-corrected chi connectivity index (χ0v) is 10.7. The Balaban J connectivity index is -0.0000000267. The van der Waals surface area contributed by atoms with Crippen LogP contribution in [0, 0.1) is 0 Å². The fourth-order valence-corrected chi connectivity index (χ4v) is 0. The van der Waals surface area contributed by atoms with Gasteiger partial charge in [-0.15, -0.1) is 0 Å². The third kappa shape index (κ3) is 78.0. The average molecular weight is 193 g/mol. The molecular formula is Na2O4SV. The van der Waals surface area contributed by atoms with Gasteiger partial charge in [0, 0.05) is 29.0 Å². The average Bonchev–Trinajstić information content (AvgIpc) is 0.722. The van der Waals surface area contributed by atoms with Crippen LogP contribution in [0.3, 0.4) is 0 Å². The van der Waals surface area contributed by atoms with Crippen LogP contribution < -0.4 is 59.1 Å². The monoisotopic (exact) mass is 193 g/mol. The van der Waals surface area contributed by atoms with Crippen molar-refractivity contribution in [3.8, 4) is 0 Å². The summed E-state index contributed by atoms with van der Waals surface area (Å²) in [5.74, 6) is 0. The summed E-state index contributed by atoms with van der Waals surface area (Å²) < 4.78 is 34.1. The van der Waals surface area contributed by atoms with Crippen LogP contribution in [-0.2, 0) is 29.0 Å². The Morgan fingerprint density at radius 3 is 1.00 bits per heavy atom. The minimum Gasteiger partial charge on any atom is -0.759 e. The topological polar surface area (TPSA) is 80.3 Å². The van der Waals surface area contributed by atoms with Crippen LogP contribution in [0.4, 0.5) is 0 Å². The second-order valence-electron chi connectivity index (χ2n) is 0.408. The molecule has 0 spiro atoms. The summed E-state index contributed by atoms with van der Waals surface area (Å²) in [6, 6.07) is 0. The van der Waals surface area contributed by atoms with Crippen LogP contribution in [0.25, 0.3) is 0 Å². The Hall–Kier alpha value is 2.45. The third-order valence-electron chi connectivity index (χ3n) is 0. The van der Waals surface area contributed by atoms with Gasteiger partial charge in [0.25, 0.3) is 0 Å². The van der Waals surface area contributed by atoms with Gasteiger partial charge in [0.1, 0.15) is 0 Å². The molecule has 0 unspecified atom stereocenters. The summed E-state index contributed by atoms with van der Waals surface area (Å²) in [5.41, 5.74) is 0. The third-order valence-corrected chi connectivity index (χ3v) is 0. The molecule has 8 heteroatoms. The molecule has 0 aliphatic rings. The second kappa shape index (κ2) is 9.45. The molecule has 4 nitrogen and oxygen atoms in total. The summed E-state index contributed by atoms with van der Waals surface area (Å²) in [7, 11) is -5.17. The van der Waals surface area contributed by atoms with Crippen molar-refractivity contribution in [1.29, 1.82) is 0 Å². The van der Waals surface area contributed by atoms with Gasteiger partial charge in [-0.3, -0.25) is 8.42 Å². The van der Waals surface area contributed by atoms with Gasteiger partial charge in [0.05, 0.1) is 0 Å². The molecule has 0 saturated heterocycles. The van der Waals surface area contributed by atoms with E-state index < -0.39 is 10.4 Å². The minimum absolute atomic E-state index is 0. The van der Waals surface area contributed by atoms with Gasteiger partial charge in [-0.05, 0) is 0 Å². The van der Waals surface area contributed by atoms with E-state index in [0.717, 1.165) is 0 Å². The summed E-state index contributed by atoms with van der Waals surface area (Å²) >= 11 is 0. The van der Waals surface area contributed by atoms with Crippen LogP contribution in [-0.4, -0.2) is 17.5 Å². The first-order chi connectivity index (χ1) is 2.00. The fraction of sp³-hybridized carbons (Fsp3) is 0. The molecule has 0 amide bonds. The summed E-state index contributed by atoms with van der Waals surface area (Å²) in [4.78, 5) is 0. The van der Waals surface area contributed by atoms with Crippen LogP contribution in [0.1, 0.15) is 0 Å². The zero-order chi connectivity index (χ0) is 4.50. The van der Waals surface area contributed by atoms with Crippen molar-refractivity contribution in [3.63, 3.8) is 0 Å². The van der Waals surface area contributed by atoms with Crippen LogP contribution in [0.5, 0.6) is 0 Å². The van der Waals surface area contributed by atoms with Gasteiger partial charge in [-0.2, -0.15) is 0 Å². The van der Waals surface area contributed by atoms with Crippen LogP contribution >= 0.6 is 0 Å². The van der Waals surface area contributed by atoms with Gasteiger partial charge < -0.3 is 9.11 Å². The molecule has 0 atom stereocenters. The Morgan fingerprint density at radius 1 is 1.00 bits per heavy atom. The molecule has 0 N–H and O–H groups in total. The molecule has 0 aliphatic carbocycles. The van der Waals surface area contributed by atoms with E-state index in [-0.39, 0.29) is 77.7 Å². The van der Waals surface area contributed by atoms with Crippen molar-refractivity contribution < 1.29 is 95.2 Å². The molecule has 0 heterocycles. The Morgan fingerprint density at radius 2 is 1.00 bits per heavy atom. The smallest absolute Gasteiger partial charge is 0.759 e. The van der Waals surface area contributed by atoms with Crippen molar-refractivity contribution in [2.75, 3.05) is 0 Å². The van der Waals surface area contributed by atoms with Gasteiger partial charge in [-0.1, -0.05) is 0 Å². The van der Waals surface area contributed by atoms with Gasteiger partial charge in [0.2, 0.25) is 0 Å². The molecule has 0 aliphatic heterocycles. The van der Waals surface area contributed by atoms with Crippen molar-refractivity contribution in [2.24, 2.45) is 0 Å². The first-order valence-electron chi connectivity index (χ1n) is 0.667. The van der Waals surface area contributed by atoms with E-state index in [1.165, 1.54) is 0 Å². The van der Waals surface area contributed by atoms with E-state index >= 15 is 0 Å². The van der Waals surface area contributed by atoms with E-state index in [2.05, 4.69) is 0 Å². The quantitative estimate of drug-likeness (QED) is 0.217. The molecule has 37 valence electrons. The summed E-state index contributed by atoms with van der Waals surface area (Å²) in [5, 5.41) is 0. The van der Waals surface area contributed by atoms with E-state index in [4.69, 9.17) is 17.5 Å². The maximum Gasteiger partial charge on any atom is 1.00 e. The van der Waals surface area contributed by atoms with Crippen molar-refractivity contribution >= 4 is 10.4 Å². The molecule has 1 radical (unpaired) electrons. The molecule has 0 aromatic carbocycles. The molecule has 0 bridgehead atoms. The number of hydrogen-bond acceptors (Lipinski definition) is 4.